The second-order valence-electron chi connectivity index (χ2n) is 0. The fourth-order valence-corrected chi connectivity index (χ4v) is 0. The molecule has 2 nitrogen and oxygen atoms in total. The third kappa shape index (κ3) is 27.9. The van der Waals surface area contributed by atoms with Gasteiger partial charge in [-0.3, -0.25) is 0 Å². The van der Waals surface area contributed by atoms with Crippen LogP contribution in [0, 0.1) is 0 Å². The zero-order valence-electron chi connectivity index (χ0n) is 3.12. The molecule has 0 saturated carbocycles. The molecule has 0 rings (SSSR count). The van der Waals surface area contributed by atoms with Crippen LogP contribution in [0.1, 0.15) is 0 Å². The Labute approximate surface area is 65.5 Å². The van der Waals surface area contributed by atoms with Crippen LogP contribution in [0.15, 0.2) is 0 Å². The topological polar surface area (TPSA) is 57.0 Å². The first-order valence-corrected chi connectivity index (χ1v) is 0. The van der Waals surface area contributed by atoms with Gasteiger partial charge in [-0.15, -0.1) is 0 Å². The Balaban J connectivity index is 0. The number of hydrogen-bond donors (Lipinski definition) is 0. The van der Waals surface area contributed by atoms with Crippen molar-refractivity contribution in [3.63, 3.8) is 0 Å². The molecular formula is CuLi2O2. The van der Waals surface area contributed by atoms with E-state index in [4.69, 9.17) is 0 Å². The Bertz CT molecular complexity index is 7.61. The first kappa shape index (κ1) is 78.9. The van der Waals surface area contributed by atoms with Crippen LogP contribution in [0.25, 0.3) is 0 Å². The first-order chi connectivity index (χ1) is 0. The molecule has 5 heavy (non-hydrogen) atoms. The van der Waals surface area contributed by atoms with E-state index in [2.05, 4.69) is 0 Å². The SMILES string of the molecule is [Cu+2].[Li+].[Li+].[O-2].[O-2]. The zero-order valence-corrected chi connectivity index (χ0v) is 4.06. The van der Waals surface area contributed by atoms with E-state index in [-0.39, 0.29) is 65.7 Å². The van der Waals surface area contributed by atoms with Crippen LogP contribution in [0.2, 0.25) is 0 Å². The molecule has 0 saturated heterocycles. The monoisotopic (exact) mass is 109 g/mol. The largest absolute Gasteiger partial charge is 2.00 e. The maximum absolute atomic E-state index is 0. The minimum absolute atomic E-state index is 0. The molecule has 0 aromatic carbocycles. The van der Waals surface area contributed by atoms with Gasteiger partial charge in [0.05, 0.1) is 0 Å². The molecule has 0 bridgehead atoms. The Morgan fingerprint density at radius 3 is 0.600 bits per heavy atom. The summed E-state index contributed by atoms with van der Waals surface area (Å²) in [7, 11) is 0. The summed E-state index contributed by atoms with van der Waals surface area (Å²) in [6.07, 6.45) is 0. The van der Waals surface area contributed by atoms with E-state index >= 15 is 0 Å². The van der Waals surface area contributed by atoms with Crippen LogP contribution < -0.4 is 37.7 Å². The maximum Gasteiger partial charge on any atom is 2.00 e. The molecule has 25 valence electrons. The molecule has 1 radical (unpaired) electrons. The van der Waals surface area contributed by atoms with Gasteiger partial charge in [0.15, 0.2) is 0 Å². The Hall–Kier alpha value is 1.63. The molecule has 0 aliphatic heterocycles. The smallest absolute Gasteiger partial charge is 2.00 e. The van der Waals surface area contributed by atoms with Crippen molar-refractivity contribution in [2.45, 2.75) is 0 Å². The van der Waals surface area contributed by atoms with Crippen molar-refractivity contribution in [1.29, 1.82) is 0 Å². The van der Waals surface area contributed by atoms with Gasteiger partial charge in [-0.05, 0) is 0 Å². The van der Waals surface area contributed by atoms with Crippen LogP contribution in [-0.4, -0.2) is 0 Å². The summed E-state index contributed by atoms with van der Waals surface area (Å²) in [6, 6.07) is 0. The van der Waals surface area contributed by atoms with Gasteiger partial charge >= 0.3 is 54.8 Å². The predicted molar refractivity (Wildman–Crippen MR) is 1.37 cm³/mol. The molecule has 0 aliphatic rings. The van der Waals surface area contributed by atoms with Crippen molar-refractivity contribution in [3.05, 3.63) is 0 Å². The van der Waals surface area contributed by atoms with Gasteiger partial charge in [0.1, 0.15) is 0 Å². The molecule has 0 amide bonds. The number of rotatable bonds is 0. The van der Waals surface area contributed by atoms with Crippen molar-refractivity contribution in [1.82, 2.24) is 0 Å². The van der Waals surface area contributed by atoms with E-state index in [1.807, 2.05) is 0 Å². The third-order valence-corrected chi connectivity index (χ3v) is 0. The maximum atomic E-state index is 0. The van der Waals surface area contributed by atoms with Gasteiger partial charge in [-0.1, -0.05) is 0 Å². The van der Waals surface area contributed by atoms with Crippen molar-refractivity contribution < 1.29 is 65.7 Å². The fraction of sp³-hybridized carbons (Fsp3) is 0. The third-order valence-electron chi connectivity index (χ3n) is 0. The molecule has 0 fully saturated rings. The normalized spacial score (nSPS) is 0. The van der Waals surface area contributed by atoms with E-state index in [0.29, 0.717) is 0 Å². The standard InChI is InChI=1S/Cu.2Li.2O/q+2;2*+1;2*-2. The van der Waals surface area contributed by atoms with E-state index in [0.717, 1.165) is 0 Å². The molecule has 0 spiro atoms. The molecule has 0 atom stereocenters. The summed E-state index contributed by atoms with van der Waals surface area (Å²) >= 11 is 0. The summed E-state index contributed by atoms with van der Waals surface area (Å²) in [5.74, 6) is 0. The Morgan fingerprint density at radius 2 is 0.600 bits per heavy atom. The van der Waals surface area contributed by atoms with E-state index in [1.165, 1.54) is 0 Å². The van der Waals surface area contributed by atoms with Gasteiger partial charge in [0.2, 0.25) is 0 Å². The molecule has 0 heterocycles. The zero-order chi connectivity index (χ0) is 0. The summed E-state index contributed by atoms with van der Waals surface area (Å²) in [4.78, 5) is 0. The first-order valence-electron chi connectivity index (χ1n) is 0. The van der Waals surface area contributed by atoms with Gasteiger partial charge in [-0.2, -0.15) is 0 Å². The number of hydrogen-bond acceptors (Lipinski definition) is 0. The van der Waals surface area contributed by atoms with Gasteiger partial charge in [-0.25, -0.2) is 0 Å². The molecule has 0 unspecified atom stereocenters. The van der Waals surface area contributed by atoms with Gasteiger partial charge in [0.25, 0.3) is 0 Å². The van der Waals surface area contributed by atoms with Crippen LogP contribution >= 0.6 is 0 Å². The minimum Gasteiger partial charge on any atom is -2.00 e. The van der Waals surface area contributed by atoms with Gasteiger partial charge in [0, 0.05) is 0 Å². The second kappa shape index (κ2) is 45.3. The molecule has 0 aliphatic carbocycles. The average Bonchev–Trinajstić information content (AvgIpc) is 0. The van der Waals surface area contributed by atoms with Crippen LogP contribution in [-0.2, 0) is 28.0 Å². The average molecular weight is 109 g/mol. The molecule has 0 aromatic rings. The quantitative estimate of drug-likeness (QED) is 0.278. The molecule has 0 aromatic heterocycles. The van der Waals surface area contributed by atoms with Crippen molar-refractivity contribution in [3.8, 4) is 0 Å². The Kier molecular flexibility index (Phi) is 714. The fourth-order valence-electron chi connectivity index (χ4n) is 0. The molecule has 0 N–H and O–H groups in total. The van der Waals surface area contributed by atoms with Crippen LogP contribution in [0.3, 0.4) is 0 Å². The van der Waals surface area contributed by atoms with Gasteiger partial charge < -0.3 is 11.0 Å². The van der Waals surface area contributed by atoms with Crippen molar-refractivity contribution >= 4 is 0 Å². The molecular weight excluding hydrogens is 109 g/mol. The van der Waals surface area contributed by atoms with Crippen LogP contribution in [0.4, 0.5) is 0 Å². The Morgan fingerprint density at radius 1 is 0.600 bits per heavy atom. The predicted octanol–water partition coefficient (Wildman–Crippen LogP) is -6.23. The summed E-state index contributed by atoms with van der Waals surface area (Å²) in [5.41, 5.74) is 0. The summed E-state index contributed by atoms with van der Waals surface area (Å²) in [6.45, 7) is 0. The summed E-state index contributed by atoms with van der Waals surface area (Å²) < 4.78 is 0. The van der Waals surface area contributed by atoms with E-state index in [1.54, 1.807) is 0 Å². The minimum atomic E-state index is 0. The van der Waals surface area contributed by atoms with Crippen molar-refractivity contribution in [2.24, 2.45) is 0 Å². The molecule has 5 heteroatoms. The second-order valence-corrected chi connectivity index (χ2v) is 0. The summed E-state index contributed by atoms with van der Waals surface area (Å²) in [5, 5.41) is 0. The van der Waals surface area contributed by atoms with E-state index < -0.39 is 0 Å². The van der Waals surface area contributed by atoms with Crippen molar-refractivity contribution in [2.75, 3.05) is 0 Å². The van der Waals surface area contributed by atoms with Crippen LogP contribution in [0.5, 0.6) is 0 Å². The van der Waals surface area contributed by atoms with E-state index in [9.17, 15) is 0 Å².